The van der Waals surface area contributed by atoms with Crippen LogP contribution in [0.5, 0.6) is 0 Å². The zero-order chi connectivity index (χ0) is 14.5. The highest BCUT2D eigenvalue weighted by molar-refractivity contribution is 7.89. The summed E-state index contributed by atoms with van der Waals surface area (Å²) in [6, 6.07) is 6.56. The fourth-order valence-corrected chi connectivity index (χ4v) is 2.83. The average molecular weight is 284 g/mol. The number of hydrogen-bond acceptors (Lipinski definition) is 3. The summed E-state index contributed by atoms with van der Waals surface area (Å²) in [5, 5.41) is 7.20. The Morgan fingerprint density at radius 1 is 1.37 bits per heavy atom. The third-order valence-electron chi connectivity index (χ3n) is 2.57. The molecule has 0 amide bonds. The summed E-state index contributed by atoms with van der Waals surface area (Å²) >= 11 is 0. The normalized spacial score (nSPS) is 11.5. The molecular formula is C12H20N4O2S. The summed E-state index contributed by atoms with van der Waals surface area (Å²) in [6.07, 6.45) is 1.53. The van der Waals surface area contributed by atoms with Crippen LogP contribution in [0.15, 0.2) is 29.2 Å². The molecule has 0 radical (unpaired) electrons. The molecule has 0 spiro atoms. The average Bonchev–Trinajstić information content (AvgIpc) is 2.34. The zero-order valence-electron chi connectivity index (χ0n) is 11.2. The van der Waals surface area contributed by atoms with Gasteiger partial charge in [-0.15, -0.1) is 4.41 Å². The Bertz CT molecular complexity index is 525. The minimum Gasteiger partial charge on any atom is -0.369 e. The van der Waals surface area contributed by atoms with E-state index in [9.17, 15) is 8.42 Å². The van der Waals surface area contributed by atoms with Crippen molar-refractivity contribution in [3.05, 3.63) is 29.8 Å². The molecule has 7 heteroatoms. The van der Waals surface area contributed by atoms with Crippen LogP contribution < -0.4 is 11.2 Å². The topological polar surface area (TPSA) is 99.3 Å². The molecular weight excluding hydrogens is 264 g/mol. The lowest BCUT2D eigenvalue weighted by Gasteiger charge is -2.22. The molecule has 0 aromatic heterocycles. The molecule has 6 nitrogen and oxygen atoms in total. The van der Waals surface area contributed by atoms with Crippen LogP contribution in [0.2, 0.25) is 0 Å². The Balaban J connectivity index is 3.03. The van der Waals surface area contributed by atoms with Gasteiger partial charge in [0.25, 0.3) is 10.0 Å². The van der Waals surface area contributed by atoms with Gasteiger partial charge in [-0.3, -0.25) is 10.8 Å². The van der Waals surface area contributed by atoms with Crippen molar-refractivity contribution >= 4 is 16.0 Å². The lowest BCUT2D eigenvalue weighted by molar-refractivity contribution is 0.367. The van der Waals surface area contributed by atoms with Crippen molar-refractivity contribution in [1.82, 2.24) is 9.84 Å². The van der Waals surface area contributed by atoms with Crippen molar-refractivity contribution in [3.63, 3.8) is 0 Å². The molecule has 0 saturated carbocycles. The number of sulfonamides is 1. The highest BCUT2D eigenvalue weighted by Crippen LogP contribution is 2.15. The number of rotatable bonds is 6. The summed E-state index contributed by atoms with van der Waals surface area (Å²) in [6.45, 7) is 4.12. The predicted molar refractivity (Wildman–Crippen MR) is 75.0 cm³/mol. The van der Waals surface area contributed by atoms with Gasteiger partial charge in [-0.25, -0.2) is 8.42 Å². The molecule has 1 rings (SSSR count). The first kappa shape index (κ1) is 15.5. The van der Waals surface area contributed by atoms with Gasteiger partial charge in [0.1, 0.15) is 0 Å². The quantitative estimate of drug-likeness (QED) is 0.415. The molecule has 106 valence electrons. The van der Waals surface area contributed by atoms with Crippen molar-refractivity contribution < 1.29 is 8.42 Å². The summed E-state index contributed by atoms with van der Waals surface area (Å²) in [4.78, 5) is 0.183. The lowest BCUT2D eigenvalue weighted by Crippen LogP contribution is -2.49. The minimum absolute atomic E-state index is 0.183. The van der Waals surface area contributed by atoms with Crippen molar-refractivity contribution in [3.8, 4) is 0 Å². The fourth-order valence-electron chi connectivity index (χ4n) is 1.51. The molecule has 19 heavy (non-hydrogen) atoms. The van der Waals surface area contributed by atoms with Gasteiger partial charge >= 0.3 is 0 Å². The Labute approximate surface area is 114 Å². The van der Waals surface area contributed by atoms with E-state index in [4.69, 9.17) is 11.1 Å². The molecule has 0 fully saturated rings. The smallest absolute Gasteiger partial charge is 0.259 e. The van der Waals surface area contributed by atoms with E-state index >= 15 is 0 Å². The van der Waals surface area contributed by atoms with E-state index in [0.717, 1.165) is 16.4 Å². The first-order valence-electron chi connectivity index (χ1n) is 6.08. The van der Waals surface area contributed by atoms with Gasteiger partial charge in [0.15, 0.2) is 0 Å². The van der Waals surface area contributed by atoms with E-state index in [1.165, 1.54) is 0 Å². The second-order valence-electron chi connectivity index (χ2n) is 4.27. The first-order valence-corrected chi connectivity index (χ1v) is 7.52. The summed E-state index contributed by atoms with van der Waals surface area (Å²) in [5.74, 6) is -0.396. The van der Waals surface area contributed by atoms with Crippen LogP contribution in [0.25, 0.3) is 0 Å². The summed E-state index contributed by atoms with van der Waals surface area (Å²) < 4.78 is 25.8. The predicted octanol–water partition coefficient (Wildman–Crippen LogP) is 1.18. The van der Waals surface area contributed by atoms with Crippen molar-refractivity contribution in [2.45, 2.75) is 31.6 Å². The van der Waals surface area contributed by atoms with Crippen LogP contribution in [0.1, 0.15) is 25.3 Å². The number of hydrazine groups is 1. The molecule has 0 bridgehead atoms. The van der Waals surface area contributed by atoms with Gasteiger partial charge in [0, 0.05) is 6.54 Å². The lowest BCUT2D eigenvalue weighted by atomic mass is 10.2. The van der Waals surface area contributed by atoms with Gasteiger partial charge in [0.2, 0.25) is 5.96 Å². The van der Waals surface area contributed by atoms with Crippen molar-refractivity contribution in [2.24, 2.45) is 5.73 Å². The number of guanidine groups is 1. The van der Waals surface area contributed by atoms with E-state index in [1.807, 2.05) is 13.8 Å². The molecule has 0 aliphatic carbocycles. The zero-order valence-corrected chi connectivity index (χ0v) is 12.0. The van der Waals surface area contributed by atoms with Crippen LogP contribution in [0, 0.1) is 12.3 Å². The molecule has 1 aromatic rings. The summed E-state index contributed by atoms with van der Waals surface area (Å²) in [7, 11) is -3.68. The van der Waals surface area contributed by atoms with Crippen LogP contribution in [0.4, 0.5) is 0 Å². The molecule has 0 aliphatic heterocycles. The van der Waals surface area contributed by atoms with Crippen LogP contribution >= 0.6 is 0 Å². The second-order valence-corrected chi connectivity index (χ2v) is 6.13. The highest BCUT2D eigenvalue weighted by Gasteiger charge is 2.24. The Morgan fingerprint density at radius 3 is 2.42 bits per heavy atom. The minimum atomic E-state index is -3.68. The molecule has 0 heterocycles. The third-order valence-corrected chi connectivity index (χ3v) is 4.29. The Morgan fingerprint density at radius 2 is 1.95 bits per heavy atom. The highest BCUT2D eigenvalue weighted by atomic mass is 32.2. The van der Waals surface area contributed by atoms with Gasteiger partial charge in [-0.2, -0.15) is 0 Å². The van der Waals surface area contributed by atoms with Gasteiger partial charge < -0.3 is 5.73 Å². The maximum absolute atomic E-state index is 12.4. The maximum atomic E-state index is 12.4. The van der Waals surface area contributed by atoms with Crippen LogP contribution in [-0.4, -0.2) is 25.3 Å². The Hall–Kier alpha value is -1.60. The van der Waals surface area contributed by atoms with Gasteiger partial charge in [0.05, 0.1) is 4.90 Å². The van der Waals surface area contributed by atoms with E-state index in [1.54, 1.807) is 24.3 Å². The third kappa shape index (κ3) is 4.22. The van der Waals surface area contributed by atoms with Gasteiger partial charge in [-0.1, -0.05) is 31.0 Å². The SMILES string of the molecule is CCCCN(NC(=N)N)S(=O)(=O)c1ccc(C)cc1. The number of aryl methyl sites for hydroxylation is 1. The monoisotopic (exact) mass is 284 g/mol. The number of benzene rings is 1. The molecule has 0 aliphatic rings. The van der Waals surface area contributed by atoms with Crippen molar-refractivity contribution in [2.75, 3.05) is 6.54 Å². The molecule has 1 aromatic carbocycles. The number of hydrogen-bond donors (Lipinski definition) is 3. The van der Waals surface area contributed by atoms with E-state index < -0.39 is 16.0 Å². The first-order chi connectivity index (χ1) is 8.87. The van der Waals surface area contributed by atoms with E-state index in [-0.39, 0.29) is 11.4 Å². The largest absolute Gasteiger partial charge is 0.369 e. The molecule has 0 atom stereocenters. The molecule has 0 saturated heterocycles. The molecule has 4 N–H and O–H groups in total. The number of nitrogens with zero attached hydrogens (tertiary/aromatic N) is 1. The molecule has 0 unspecified atom stereocenters. The van der Waals surface area contributed by atoms with Gasteiger partial charge in [-0.05, 0) is 25.5 Å². The van der Waals surface area contributed by atoms with Crippen LogP contribution in [-0.2, 0) is 10.0 Å². The van der Waals surface area contributed by atoms with Crippen LogP contribution in [0.3, 0.4) is 0 Å². The van der Waals surface area contributed by atoms with Crippen molar-refractivity contribution in [1.29, 1.82) is 5.41 Å². The van der Waals surface area contributed by atoms with E-state index in [2.05, 4.69) is 5.43 Å². The second kappa shape index (κ2) is 6.53. The summed E-state index contributed by atoms with van der Waals surface area (Å²) in [5.41, 5.74) is 8.59. The maximum Gasteiger partial charge on any atom is 0.259 e. The number of nitrogens with two attached hydrogens (primary N) is 1. The fraction of sp³-hybridized carbons (Fsp3) is 0.417. The Kier molecular flexibility index (Phi) is 5.31. The standard InChI is InChI=1S/C12H20N4O2S/c1-3-4-9-16(15-12(13)14)19(17,18)11-7-5-10(2)6-8-11/h5-8H,3-4,9H2,1-2H3,(H4,13,14,15). The van der Waals surface area contributed by atoms with E-state index in [0.29, 0.717) is 6.42 Å². The number of nitrogens with one attached hydrogen (secondary N) is 2. The number of unbranched alkanes of at least 4 members (excludes halogenated alkanes) is 1.